The SMILES string of the molecule is O=C(Nc1cccc(OC(F)F)c1)c1cccc(S(=O)(=O)N2CCCCCC2)c1. The number of anilines is 1. The van der Waals surface area contributed by atoms with Gasteiger partial charge >= 0.3 is 6.61 Å². The molecule has 0 saturated carbocycles. The van der Waals surface area contributed by atoms with Crippen molar-refractivity contribution in [2.45, 2.75) is 37.2 Å². The van der Waals surface area contributed by atoms with E-state index in [4.69, 9.17) is 0 Å². The second-order valence-electron chi connectivity index (χ2n) is 6.71. The molecule has 0 spiro atoms. The van der Waals surface area contributed by atoms with Crippen molar-refractivity contribution < 1.29 is 26.7 Å². The highest BCUT2D eigenvalue weighted by atomic mass is 32.2. The van der Waals surface area contributed by atoms with Crippen LogP contribution in [0.2, 0.25) is 0 Å². The van der Waals surface area contributed by atoms with Crippen LogP contribution >= 0.6 is 0 Å². The summed E-state index contributed by atoms with van der Waals surface area (Å²) in [5, 5.41) is 2.57. The molecule has 1 amide bonds. The Labute approximate surface area is 168 Å². The van der Waals surface area contributed by atoms with Gasteiger partial charge in [0.25, 0.3) is 5.91 Å². The summed E-state index contributed by atoms with van der Waals surface area (Å²) in [5.41, 5.74) is 0.412. The Morgan fingerprint density at radius 2 is 1.69 bits per heavy atom. The summed E-state index contributed by atoms with van der Waals surface area (Å²) in [6, 6.07) is 11.4. The Morgan fingerprint density at radius 3 is 2.38 bits per heavy atom. The highest BCUT2D eigenvalue weighted by Crippen LogP contribution is 2.23. The molecular formula is C20H22F2N2O4S. The summed E-state index contributed by atoms with van der Waals surface area (Å²) >= 11 is 0. The number of alkyl halides is 2. The quantitative estimate of drug-likeness (QED) is 0.757. The Kier molecular flexibility index (Phi) is 6.81. The first-order valence-corrected chi connectivity index (χ1v) is 10.8. The fraction of sp³-hybridized carbons (Fsp3) is 0.350. The number of hydrogen-bond acceptors (Lipinski definition) is 4. The summed E-state index contributed by atoms with van der Waals surface area (Å²) in [6.07, 6.45) is 3.64. The molecule has 1 heterocycles. The third-order valence-electron chi connectivity index (χ3n) is 4.62. The van der Waals surface area contributed by atoms with Gasteiger partial charge in [0.15, 0.2) is 0 Å². The summed E-state index contributed by atoms with van der Waals surface area (Å²) in [5.74, 6) is -0.637. The van der Waals surface area contributed by atoms with Gasteiger partial charge in [0.05, 0.1) is 4.90 Å². The molecule has 0 aliphatic carbocycles. The summed E-state index contributed by atoms with van der Waals surface area (Å²) < 4.78 is 56.3. The molecule has 29 heavy (non-hydrogen) atoms. The summed E-state index contributed by atoms with van der Waals surface area (Å²) in [6.45, 7) is -2.03. The fourth-order valence-corrected chi connectivity index (χ4v) is 4.75. The monoisotopic (exact) mass is 424 g/mol. The van der Waals surface area contributed by atoms with Gasteiger partial charge in [-0.15, -0.1) is 0 Å². The highest BCUT2D eigenvalue weighted by molar-refractivity contribution is 7.89. The molecule has 6 nitrogen and oxygen atoms in total. The Morgan fingerprint density at radius 1 is 1.00 bits per heavy atom. The number of carbonyl (C=O) groups is 1. The van der Waals surface area contributed by atoms with Gasteiger partial charge in [-0.25, -0.2) is 8.42 Å². The molecular weight excluding hydrogens is 402 g/mol. The van der Waals surface area contributed by atoms with E-state index in [9.17, 15) is 22.0 Å². The number of ether oxygens (including phenoxy) is 1. The zero-order valence-electron chi connectivity index (χ0n) is 15.7. The van der Waals surface area contributed by atoms with E-state index < -0.39 is 22.5 Å². The van der Waals surface area contributed by atoms with E-state index in [0.29, 0.717) is 13.1 Å². The predicted molar refractivity (Wildman–Crippen MR) is 105 cm³/mol. The fourth-order valence-electron chi connectivity index (χ4n) is 3.18. The van der Waals surface area contributed by atoms with Gasteiger partial charge in [0.1, 0.15) is 5.75 Å². The molecule has 1 fully saturated rings. The van der Waals surface area contributed by atoms with Gasteiger partial charge in [-0.05, 0) is 43.2 Å². The van der Waals surface area contributed by atoms with Crippen LogP contribution in [-0.2, 0) is 10.0 Å². The molecule has 1 aliphatic rings. The number of carbonyl (C=O) groups excluding carboxylic acids is 1. The minimum Gasteiger partial charge on any atom is -0.435 e. The average Bonchev–Trinajstić information content (AvgIpc) is 2.98. The lowest BCUT2D eigenvalue weighted by Crippen LogP contribution is -2.32. The molecule has 0 unspecified atom stereocenters. The van der Waals surface area contributed by atoms with Gasteiger partial charge in [0.2, 0.25) is 10.0 Å². The van der Waals surface area contributed by atoms with Crippen molar-refractivity contribution in [2.75, 3.05) is 18.4 Å². The number of halogens is 2. The molecule has 0 bridgehead atoms. The molecule has 1 saturated heterocycles. The second kappa shape index (κ2) is 9.32. The van der Waals surface area contributed by atoms with E-state index in [0.717, 1.165) is 25.7 Å². The van der Waals surface area contributed by atoms with E-state index in [1.165, 1.54) is 52.8 Å². The van der Waals surface area contributed by atoms with E-state index in [1.54, 1.807) is 0 Å². The summed E-state index contributed by atoms with van der Waals surface area (Å²) in [4.78, 5) is 12.6. The van der Waals surface area contributed by atoms with Gasteiger partial charge in [-0.1, -0.05) is 25.0 Å². The summed E-state index contributed by atoms with van der Waals surface area (Å²) in [7, 11) is -3.68. The maximum absolute atomic E-state index is 12.9. The molecule has 2 aromatic rings. The van der Waals surface area contributed by atoms with Gasteiger partial charge in [0, 0.05) is 30.4 Å². The first-order chi connectivity index (χ1) is 13.9. The molecule has 0 atom stereocenters. The van der Waals surface area contributed by atoms with Crippen LogP contribution in [-0.4, -0.2) is 38.3 Å². The van der Waals surface area contributed by atoms with Crippen molar-refractivity contribution in [3.8, 4) is 5.75 Å². The lowest BCUT2D eigenvalue weighted by molar-refractivity contribution is -0.0498. The van der Waals surface area contributed by atoms with Crippen LogP contribution in [0, 0.1) is 0 Å². The Hall–Kier alpha value is -2.52. The third kappa shape index (κ3) is 5.51. The Bertz CT molecular complexity index is 958. The highest BCUT2D eigenvalue weighted by Gasteiger charge is 2.25. The van der Waals surface area contributed by atoms with Crippen molar-refractivity contribution in [2.24, 2.45) is 0 Å². The lowest BCUT2D eigenvalue weighted by atomic mass is 10.2. The van der Waals surface area contributed by atoms with Crippen molar-refractivity contribution in [3.05, 3.63) is 54.1 Å². The number of benzene rings is 2. The van der Waals surface area contributed by atoms with Crippen LogP contribution < -0.4 is 10.1 Å². The van der Waals surface area contributed by atoms with Crippen LogP contribution in [0.1, 0.15) is 36.0 Å². The predicted octanol–water partition coefficient (Wildman–Crippen LogP) is 4.11. The van der Waals surface area contributed by atoms with E-state index in [2.05, 4.69) is 10.1 Å². The number of nitrogens with zero attached hydrogens (tertiary/aromatic N) is 1. The lowest BCUT2D eigenvalue weighted by Gasteiger charge is -2.20. The standard InChI is InChI=1S/C20H22F2N2O4S/c21-20(22)28-17-9-6-8-16(14-17)23-19(25)15-7-5-10-18(13-15)29(26,27)24-11-3-1-2-4-12-24/h5-10,13-14,20H,1-4,11-12H2,(H,23,25). The minimum atomic E-state index is -3.68. The van der Waals surface area contributed by atoms with E-state index >= 15 is 0 Å². The Balaban J connectivity index is 1.77. The van der Waals surface area contributed by atoms with E-state index in [-0.39, 0.29) is 21.9 Å². The molecule has 0 aromatic heterocycles. The molecule has 156 valence electrons. The maximum atomic E-state index is 12.9. The largest absolute Gasteiger partial charge is 0.435 e. The first kappa shape index (κ1) is 21.2. The van der Waals surface area contributed by atoms with Crippen molar-refractivity contribution >= 4 is 21.6 Å². The van der Waals surface area contributed by atoms with Crippen molar-refractivity contribution in [3.63, 3.8) is 0 Å². The zero-order valence-corrected chi connectivity index (χ0v) is 16.5. The molecule has 9 heteroatoms. The van der Waals surface area contributed by atoms with Crippen LogP contribution in [0.4, 0.5) is 14.5 Å². The van der Waals surface area contributed by atoms with Crippen LogP contribution in [0.15, 0.2) is 53.4 Å². The van der Waals surface area contributed by atoms with Crippen molar-refractivity contribution in [1.29, 1.82) is 0 Å². The number of sulfonamides is 1. The van der Waals surface area contributed by atoms with Gasteiger partial charge in [-0.2, -0.15) is 13.1 Å². The minimum absolute atomic E-state index is 0.0573. The molecule has 1 aliphatic heterocycles. The molecule has 3 rings (SSSR count). The number of rotatable bonds is 6. The first-order valence-electron chi connectivity index (χ1n) is 9.33. The van der Waals surface area contributed by atoms with Crippen molar-refractivity contribution in [1.82, 2.24) is 4.31 Å². The third-order valence-corrected chi connectivity index (χ3v) is 6.51. The number of amides is 1. The van der Waals surface area contributed by atoms with E-state index in [1.807, 2.05) is 0 Å². The molecule has 0 radical (unpaired) electrons. The second-order valence-corrected chi connectivity index (χ2v) is 8.64. The van der Waals surface area contributed by atoms with Crippen LogP contribution in [0.25, 0.3) is 0 Å². The van der Waals surface area contributed by atoms with Crippen LogP contribution in [0.5, 0.6) is 5.75 Å². The number of nitrogens with one attached hydrogen (secondary N) is 1. The topological polar surface area (TPSA) is 75.7 Å². The van der Waals surface area contributed by atoms with Crippen LogP contribution in [0.3, 0.4) is 0 Å². The maximum Gasteiger partial charge on any atom is 0.387 e. The average molecular weight is 424 g/mol. The molecule has 2 aromatic carbocycles. The van der Waals surface area contributed by atoms with Gasteiger partial charge in [-0.3, -0.25) is 4.79 Å². The normalized spacial score (nSPS) is 15.7. The number of hydrogen-bond donors (Lipinski definition) is 1. The molecule has 1 N–H and O–H groups in total. The zero-order chi connectivity index (χ0) is 20.9. The van der Waals surface area contributed by atoms with Gasteiger partial charge < -0.3 is 10.1 Å². The smallest absolute Gasteiger partial charge is 0.387 e.